The molecule has 2 aromatic carbocycles. The second-order valence-corrected chi connectivity index (χ2v) is 5.45. The Labute approximate surface area is 139 Å². The van der Waals surface area contributed by atoms with Crippen LogP contribution in [-0.2, 0) is 9.53 Å². The van der Waals surface area contributed by atoms with Crippen molar-refractivity contribution >= 4 is 28.7 Å². The zero-order valence-electron chi connectivity index (χ0n) is 13.3. The number of aromatic nitrogens is 1. The van der Waals surface area contributed by atoms with E-state index < -0.39 is 5.97 Å². The van der Waals surface area contributed by atoms with Crippen LogP contribution in [0.5, 0.6) is 0 Å². The van der Waals surface area contributed by atoms with Gasteiger partial charge in [0.05, 0.1) is 0 Å². The van der Waals surface area contributed by atoms with E-state index in [0.717, 1.165) is 22.2 Å². The van der Waals surface area contributed by atoms with E-state index in [1.807, 2.05) is 61.5 Å². The van der Waals surface area contributed by atoms with Crippen LogP contribution in [0.4, 0.5) is 0 Å². The Hall–Kier alpha value is -3.14. The lowest BCUT2D eigenvalue weighted by atomic mass is 10.1. The third-order valence-corrected chi connectivity index (χ3v) is 3.73. The minimum Gasteiger partial charge on any atom is -0.454 e. The summed E-state index contributed by atoms with van der Waals surface area (Å²) in [6, 6.07) is 17.0. The Morgan fingerprint density at radius 2 is 1.75 bits per heavy atom. The summed E-state index contributed by atoms with van der Waals surface area (Å²) in [6.45, 7) is 1.56. The van der Waals surface area contributed by atoms with Crippen molar-refractivity contribution in [3.8, 4) is 0 Å². The van der Waals surface area contributed by atoms with Crippen molar-refractivity contribution < 1.29 is 14.3 Å². The molecule has 0 saturated carbocycles. The predicted octanol–water partition coefficient (Wildman–Crippen LogP) is 3.92. The van der Waals surface area contributed by atoms with Gasteiger partial charge in [0.15, 0.2) is 6.61 Å². The summed E-state index contributed by atoms with van der Waals surface area (Å²) in [7, 11) is 0. The van der Waals surface area contributed by atoms with E-state index in [-0.39, 0.29) is 12.4 Å². The highest BCUT2D eigenvalue weighted by Gasteiger charge is 2.16. The largest absolute Gasteiger partial charge is 0.454 e. The van der Waals surface area contributed by atoms with Gasteiger partial charge in [-0.15, -0.1) is 0 Å². The van der Waals surface area contributed by atoms with Crippen LogP contribution in [0, 0.1) is 6.92 Å². The highest BCUT2D eigenvalue weighted by atomic mass is 16.5. The second-order valence-electron chi connectivity index (χ2n) is 5.45. The molecule has 4 nitrogen and oxygen atoms in total. The molecule has 0 spiro atoms. The molecular formula is C20H17NO3. The highest BCUT2D eigenvalue weighted by molar-refractivity contribution is 6.10. The Bertz CT molecular complexity index is 907. The van der Waals surface area contributed by atoms with Gasteiger partial charge in [0, 0.05) is 28.2 Å². The lowest BCUT2D eigenvalue weighted by Crippen LogP contribution is -2.13. The highest BCUT2D eigenvalue weighted by Crippen LogP contribution is 2.22. The number of carbonyl (C=O) groups is 2. The van der Waals surface area contributed by atoms with Crippen LogP contribution in [0.25, 0.3) is 17.0 Å². The smallest absolute Gasteiger partial charge is 0.331 e. The van der Waals surface area contributed by atoms with Crippen LogP contribution in [0.3, 0.4) is 0 Å². The third kappa shape index (κ3) is 3.43. The topological polar surface area (TPSA) is 59.2 Å². The van der Waals surface area contributed by atoms with Gasteiger partial charge in [0.25, 0.3) is 0 Å². The van der Waals surface area contributed by atoms with E-state index >= 15 is 0 Å². The number of H-pyrrole nitrogens is 1. The van der Waals surface area contributed by atoms with Crippen LogP contribution in [0.2, 0.25) is 0 Å². The minimum absolute atomic E-state index is 0.216. The fraction of sp³-hybridized carbons (Fsp3) is 0.100. The maximum atomic E-state index is 12.4. The van der Waals surface area contributed by atoms with Gasteiger partial charge in [-0.05, 0) is 24.6 Å². The molecule has 1 aromatic heterocycles. The van der Waals surface area contributed by atoms with E-state index in [1.54, 1.807) is 6.08 Å². The molecular weight excluding hydrogens is 302 g/mol. The van der Waals surface area contributed by atoms with E-state index in [2.05, 4.69) is 4.98 Å². The summed E-state index contributed by atoms with van der Waals surface area (Å²) in [4.78, 5) is 27.3. The number of ketones is 1. The molecule has 0 atom stereocenters. The van der Waals surface area contributed by atoms with Crippen LogP contribution >= 0.6 is 0 Å². The molecule has 4 heteroatoms. The Morgan fingerprint density at radius 3 is 2.54 bits per heavy atom. The van der Waals surface area contributed by atoms with E-state index in [1.165, 1.54) is 6.08 Å². The number of aryl methyl sites for hydroxylation is 1. The molecule has 0 radical (unpaired) electrons. The van der Waals surface area contributed by atoms with Crippen molar-refractivity contribution in [3.63, 3.8) is 0 Å². The molecule has 1 heterocycles. The van der Waals surface area contributed by atoms with Crippen molar-refractivity contribution in [2.24, 2.45) is 0 Å². The summed E-state index contributed by atoms with van der Waals surface area (Å²) in [5.41, 5.74) is 3.14. The number of para-hydroxylation sites is 1. The molecule has 0 amide bonds. The zero-order chi connectivity index (χ0) is 16.9. The normalized spacial score (nSPS) is 11.0. The van der Waals surface area contributed by atoms with E-state index in [9.17, 15) is 9.59 Å². The number of benzene rings is 2. The molecule has 0 saturated heterocycles. The number of aromatic amines is 1. The van der Waals surface area contributed by atoms with Gasteiger partial charge in [0.2, 0.25) is 5.78 Å². The quantitative estimate of drug-likeness (QED) is 0.440. The van der Waals surface area contributed by atoms with Crippen molar-refractivity contribution in [3.05, 3.63) is 77.5 Å². The molecule has 0 aliphatic carbocycles. The first-order chi connectivity index (χ1) is 11.6. The van der Waals surface area contributed by atoms with Gasteiger partial charge in [-0.1, -0.05) is 48.5 Å². The maximum absolute atomic E-state index is 12.4. The second kappa shape index (κ2) is 6.96. The van der Waals surface area contributed by atoms with Crippen molar-refractivity contribution in [2.45, 2.75) is 6.92 Å². The molecule has 0 aliphatic heterocycles. The SMILES string of the molecule is Cc1[nH]c2ccccc2c1C(=O)COC(=O)/C=C/c1ccccc1. The van der Waals surface area contributed by atoms with Gasteiger partial charge in [-0.25, -0.2) is 4.79 Å². The molecule has 1 N–H and O–H groups in total. The van der Waals surface area contributed by atoms with Crippen LogP contribution < -0.4 is 0 Å². The van der Waals surface area contributed by atoms with Crippen molar-refractivity contribution in [1.82, 2.24) is 4.98 Å². The van der Waals surface area contributed by atoms with E-state index in [4.69, 9.17) is 4.74 Å². The molecule has 3 rings (SSSR count). The predicted molar refractivity (Wildman–Crippen MR) is 93.8 cm³/mol. The molecule has 0 fully saturated rings. The van der Waals surface area contributed by atoms with E-state index in [0.29, 0.717) is 5.56 Å². The summed E-state index contributed by atoms with van der Waals surface area (Å²) in [6.07, 6.45) is 2.98. The number of nitrogens with one attached hydrogen (secondary N) is 1. The van der Waals surface area contributed by atoms with Crippen LogP contribution in [-0.4, -0.2) is 23.3 Å². The molecule has 3 aromatic rings. The Morgan fingerprint density at radius 1 is 1.04 bits per heavy atom. The zero-order valence-corrected chi connectivity index (χ0v) is 13.3. The number of esters is 1. The van der Waals surface area contributed by atoms with Crippen LogP contribution in [0.1, 0.15) is 21.6 Å². The third-order valence-electron chi connectivity index (χ3n) is 3.73. The average molecular weight is 319 g/mol. The number of carbonyl (C=O) groups excluding carboxylic acids is 2. The summed E-state index contributed by atoms with van der Waals surface area (Å²) < 4.78 is 5.06. The monoisotopic (exact) mass is 319 g/mol. The first kappa shape index (κ1) is 15.7. The average Bonchev–Trinajstić information content (AvgIpc) is 2.94. The van der Waals surface area contributed by atoms with Gasteiger partial charge >= 0.3 is 5.97 Å². The fourth-order valence-corrected chi connectivity index (χ4v) is 2.62. The number of fused-ring (bicyclic) bond motifs is 1. The Kier molecular flexibility index (Phi) is 4.57. The molecule has 0 unspecified atom stereocenters. The summed E-state index contributed by atoms with van der Waals surface area (Å²) >= 11 is 0. The number of rotatable bonds is 5. The first-order valence-corrected chi connectivity index (χ1v) is 7.65. The van der Waals surface area contributed by atoms with Gasteiger partial charge in [-0.3, -0.25) is 4.79 Å². The first-order valence-electron chi connectivity index (χ1n) is 7.65. The molecule has 24 heavy (non-hydrogen) atoms. The maximum Gasteiger partial charge on any atom is 0.331 e. The number of hydrogen-bond donors (Lipinski definition) is 1. The van der Waals surface area contributed by atoms with Crippen molar-refractivity contribution in [2.75, 3.05) is 6.61 Å². The number of Topliss-reactive ketones (excluding diaryl/α,β-unsaturated/α-hetero) is 1. The molecule has 0 bridgehead atoms. The standard InChI is InChI=1S/C20H17NO3/c1-14-20(16-9-5-6-10-17(16)21-14)18(22)13-24-19(23)12-11-15-7-3-2-4-8-15/h2-12,21H,13H2,1H3/b12-11+. The summed E-state index contributed by atoms with van der Waals surface area (Å²) in [5, 5.41) is 0.843. The van der Waals surface area contributed by atoms with Gasteiger partial charge in [-0.2, -0.15) is 0 Å². The molecule has 120 valence electrons. The lowest BCUT2D eigenvalue weighted by Gasteiger charge is -2.02. The number of hydrogen-bond acceptors (Lipinski definition) is 3. The fourth-order valence-electron chi connectivity index (χ4n) is 2.62. The Balaban J connectivity index is 1.66. The summed E-state index contributed by atoms with van der Waals surface area (Å²) in [5.74, 6) is -0.754. The number of ether oxygens (including phenoxy) is 1. The van der Waals surface area contributed by atoms with Gasteiger partial charge in [0.1, 0.15) is 0 Å². The minimum atomic E-state index is -0.537. The lowest BCUT2D eigenvalue weighted by molar-refractivity contribution is -0.136. The van der Waals surface area contributed by atoms with Gasteiger partial charge < -0.3 is 9.72 Å². The van der Waals surface area contributed by atoms with Crippen molar-refractivity contribution in [1.29, 1.82) is 0 Å². The van der Waals surface area contributed by atoms with Crippen LogP contribution in [0.15, 0.2) is 60.7 Å². The molecule has 0 aliphatic rings.